The molecule has 1 aromatic carbocycles. The number of hydrogen-bond acceptors (Lipinski definition) is 4. The van der Waals surface area contributed by atoms with Crippen LogP contribution in [0.1, 0.15) is 12.5 Å². The second-order valence-corrected chi connectivity index (χ2v) is 5.08. The summed E-state index contributed by atoms with van der Waals surface area (Å²) in [6.07, 6.45) is 1.13. The third kappa shape index (κ3) is 4.64. The second kappa shape index (κ2) is 7.53. The van der Waals surface area contributed by atoms with Gasteiger partial charge in [-0.25, -0.2) is 9.18 Å². The number of benzene rings is 1. The van der Waals surface area contributed by atoms with E-state index in [1.807, 2.05) is 0 Å². The molecule has 23 heavy (non-hydrogen) atoms. The van der Waals surface area contributed by atoms with Gasteiger partial charge in [-0.15, -0.1) is 0 Å². The maximum atomic E-state index is 13.6. The molecule has 1 aliphatic rings. The van der Waals surface area contributed by atoms with E-state index in [-0.39, 0.29) is 12.5 Å². The van der Waals surface area contributed by atoms with Gasteiger partial charge in [0.25, 0.3) is 5.91 Å². The van der Waals surface area contributed by atoms with Crippen LogP contribution in [0.25, 0.3) is 5.57 Å². The first kappa shape index (κ1) is 16.7. The summed E-state index contributed by atoms with van der Waals surface area (Å²) in [7, 11) is 0. The monoisotopic (exact) mass is 320 g/mol. The summed E-state index contributed by atoms with van der Waals surface area (Å²) in [5, 5.41) is 2.60. The summed E-state index contributed by atoms with van der Waals surface area (Å²) in [5.74, 6) is -1.86. The molecule has 0 aliphatic carbocycles. The van der Waals surface area contributed by atoms with Gasteiger partial charge in [-0.05, 0) is 18.6 Å². The lowest BCUT2D eigenvalue weighted by atomic mass is 10.1. The van der Waals surface area contributed by atoms with Crippen LogP contribution in [0.15, 0.2) is 30.3 Å². The number of carbonyl (C=O) groups excluding carboxylic acids is 3. The average Bonchev–Trinajstić information content (AvgIpc) is 2.53. The Morgan fingerprint density at radius 2 is 2.13 bits per heavy atom. The molecule has 2 amide bonds. The van der Waals surface area contributed by atoms with Crippen molar-refractivity contribution >= 4 is 23.4 Å². The van der Waals surface area contributed by atoms with Crippen molar-refractivity contribution in [1.29, 1.82) is 0 Å². The second-order valence-electron chi connectivity index (χ2n) is 5.08. The molecule has 6 nitrogen and oxygen atoms in total. The molecular weight excluding hydrogens is 303 g/mol. The van der Waals surface area contributed by atoms with Gasteiger partial charge in [-0.3, -0.25) is 9.59 Å². The van der Waals surface area contributed by atoms with E-state index in [9.17, 15) is 18.8 Å². The first-order chi connectivity index (χ1) is 11.0. The fourth-order valence-electron chi connectivity index (χ4n) is 2.15. The molecule has 1 aliphatic heterocycles. The molecule has 0 atom stereocenters. The minimum Gasteiger partial charge on any atom is -0.452 e. The molecule has 1 fully saturated rings. The lowest BCUT2D eigenvalue weighted by Gasteiger charge is -2.26. The topological polar surface area (TPSA) is 75.7 Å². The number of nitrogens with zero attached hydrogens (tertiary/aromatic N) is 1. The van der Waals surface area contributed by atoms with E-state index in [0.717, 1.165) is 6.08 Å². The maximum Gasteiger partial charge on any atom is 0.331 e. The predicted molar refractivity (Wildman–Crippen MR) is 80.6 cm³/mol. The number of ether oxygens (including phenoxy) is 1. The smallest absolute Gasteiger partial charge is 0.331 e. The number of allylic oxidation sites excluding steroid dienone is 1. The van der Waals surface area contributed by atoms with Crippen LogP contribution in [-0.4, -0.2) is 48.9 Å². The highest BCUT2D eigenvalue weighted by atomic mass is 19.1. The Morgan fingerprint density at radius 1 is 1.39 bits per heavy atom. The Kier molecular flexibility index (Phi) is 5.46. The van der Waals surface area contributed by atoms with E-state index in [1.54, 1.807) is 25.1 Å². The lowest BCUT2D eigenvalue weighted by Crippen LogP contribution is -2.51. The molecule has 0 saturated carbocycles. The number of piperazine rings is 1. The highest BCUT2D eigenvalue weighted by Gasteiger charge is 2.21. The van der Waals surface area contributed by atoms with Crippen LogP contribution in [0.5, 0.6) is 0 Å². The molecule has 1 aromatic rings. The number of halogens is 1. The van der Waals surface area contributed by atoms with E-state index in [1.165, 1.54) is 11.0 Å². The Morgan fingerprint density at radius 3 is 2.83 bits per heavy atom. The number of rotatable bonds is 4. The van der Waals surface area contributed by atoms with Crippen molar-refractivity contribution in [2.45, 2.75) is 6.92 Å². The van der Waals surface area contributed by atoms with Gasteiger partial charge in [0.1, 0.15) is 5.82 Å². The SMILES string of the molecule is C/C(=C\C(=O)OCC(=O)N1CCNC(=O)C1)c1ccccc1F. The van der Waals surface area contributed by atoms with Crippen LogP contribution in [-0.2, 0) is 19.1 Å². The lowest BCUT2D eigenvalue weighted by molar-refractivity contribution is -0.149. The van der Waals surface area contributed by atoms with Gasteiger partial charge in [-0.1, -0.05) is 18.2 Å². The minimum absolute atomic E-state index is 0.0412. The maximum absolute atomic E-state index is 13.6. The molecule has 0 spiro atoms. The van der Waals surface area contributed by atoms with Crippen LogP contribution < -0.4 is 5.32 Å². The Labute approximate surface area is 132 Å². The fraction of sp³-hybridized carbons (Fsp3) is 0.312. The molecule has 0 unspecified atom stereocenters. The van der Waals surface area contributed by atoms with Gasteiger partial charge in [-0.2, -0.15) is 0 Å². The zero-order valence-corrected chi connectivity index (χ0v) is 12.7. The van der Waals surface area contributed by atoms with E-state index >= 15 is 0 Å². The number of nitrogens with one attached hydrogen (secondary N) is 1. The zero-order valence-electron chi connectivity index (χ0n) is 12.7. The van der Waals surface area contributed by atoms with Gasteiger partial charge in [0.05, 0.1) is 6.54 Å². The number of esters is 1. The minimum atomic E-state index is -0.736. The molecule has 1 heterocycles. The first-order valence-corrected chi connectivity index (χ1v) is 7.12. The zero-order chi connectivity index (χ0) is 16.8. The summed E-state index contributed by atoms with van der Waals surface area (Å²) in [6.45, 7) is 1.85. The highest BCUT2D eigenvalue weighted by Crippen LogP contribution is 2.17. The molecule has 0 bridgehead atoms. The van der Waals surface area contributed by atoms with Crippen LogP contribution in [0.4, 0.5) is 4.39 Å². The van der Waals surface area contributed by atoms with Gasteiger partial charge in [0.2, 0.25) is 5.91 Å². The Bertz CT molecular complexity index is 657. The van der Waals surface area contributed by atoms with Gasteiger partial charge in [0, 0.05) is 24.7 Å². The van der Waals surface area contributed by atoms with E-state index in [4.69, 9.17) is 4.74 Å². The standard InChI is InChI=1S/C16H17FN2O4/c1-11(12-4-2-3-5-13(12)17)8-16(22)23-10-15(21)19-7-6-18-14(20)9-19/h2-5,8H,6-7,9-10H2,1H3,(H,18,20)/b11-8+. The first-order valence-electron chi connectivity index (χ1n) is 7.12. The van der Waals surface area contributed by atoms with Crippen molar-refractivity contribution in [1.82, 2.24) is 10.2 Å². The van der Waals surface area contributed by atoms with Crippen molar-refractivity contribution in [2.75, 3.05) is 26.2 Å². The Balaban J connectivity index is 1.89. The van der Waals surface area contributed by atoms with Crippen molar-refractivity contribution < 1.29 is 23.5 Å². The van der Waals surface area contributed by atoms with E-state index in [2.05, 4.69) is 5.32 Å². The normalized spacial score (nSPS) is 15.1. The number of carbonyl (C=O) groups is 3. The van der Waals surface area contributed by atoms with Crippen molar-refractivity contribution in [3.8, 4) is 0 Å². The van der Waals surface area contributed by atoms with Gasteiger partial charge in [0.15, 0.2) is 6.61 Å². The summed E-state index contributed by atoms with van der Waals surface area (Å²) >= 11 is 0. The van der Waals surface area contributed by atoms with E-state index in [0.29, 0.717) is 24.2 Å². The predicted octanol–water partition coefficient (Wildman–Crippen LogP) is 0.731. The average molecular weight is 320 g/mol. The summed E-state index contributed by atoms with van der Waals surface area (Å²) in [5.41, 5.74) is 0.696. The number of hydrogen-bond donors (Lipinski definition) is 1. The molecule has 1 N–H and O–H groups in total. The fourth-order valence-corrected chi connectivity index (χ4v) is 2.15. The van der Waals surface area contributed by atoms with Gasteiger partial charge < -0.3 is 15.0 Å². The molecule has 0 radical (unpaired) electrons. The quantitative estimate of drug-likeness (QED) is 0.655. The van der Waals surface area contributed by atoms with Crippen LogP contribution in [0.2, 0.25) is 0 Å². The van der Waals surface area contributed by atoms with Crippen LogP contribution in [0, 0.1) is 5.82 Å². The summed E-state index contributed by atoms with van der Waals surface area (Å²) in [4.78, 5) is 36.1. The molecule has 0 aromatic heterocycles. The van der Waals surface area contributed by atoms with Crippen molar-refractivity contribution in [2.24, 2.45) is 0 Å². The molecular formula is C16H17FN2O4. The van der Waals surface area contributed by atoms with E-state index < -0.39 is 24.3 Å². The molecule has 122 valence electrons. The third-order valence-corrected chi connectivity index (χ3v) is 3.36. The highest BCUT2D eigenvalue weighted by molar-refractivity contribution is 5.93. The largest absolute Gasteiger partial charge is 0.452 e. The van der Waals surface area contributed by atoms with Crippen molar-refractivity contribution in [3.05, 3.63) is 41.7 Å². The molecule has 1 saturated heterocycles. The molecule has 2 rings (SSSR count). The van der Waals surface area contributed by atoms with Crippen molar-refractivity contribution in [3.63, 3.8) is 0 Å². The molecule has 7 heteroatoms. The van der Waals surface area contributed by atoms with Gasteiger partial charge >= 0.3 is 5.97 Å². The summed E-state index contributed by atoms with van der Waals surface area (Å²) < 4.78 is 18.5. The van der Waals surface area contributed by atoms with Crippen LogP contribution in [0.3, 0.4) is 0 Å². The summed E-state index contributed by atoms with van der Waals surface area (Å²) in [6, 6.07) is 6.05. The van der Waals surface area contributed by atoms with Crippen LogP contribution >= 0.6 is 0 Å². The third-order valence-electron chi connectivity index (χ3n) is 3.36. The number of amides is 2. The Hall–Kier alpha value is -2.70.